The van der Waals surface area contributed by atoms with Gasteiger partial charge >= 0.3 is 11.9 Å². The van der Waals surface area contributed by atoms with Gasteiger partial charge in [0.1, 0.15) is 6.10 Å². The number of alkyl halides is 2. The number of rotatable bonds is 11. The number of carbonyl (C=O) groups excluding carboxylic acids is 1. The molecule has 0 aliphatic carbocycles. The standard InChI is InChI=1S/C11H12Cl2N2O5.C8H14O4/c12-10(13)11(18)14-8(5-16)9(17)6-1-3-7(4-2-6)15(19)20;1-5(2)3-6(8(11)12)4-7(9)10/h1-4,8-10,16-17H,5H2,(H,14,18);5-6H,3-4H2,1-2H3,(H,9,10)(H,11,12)/t8-,9-;/m1./s1. The SMILES string of the molecule is CC(C)CC(CC(=O)O)C(=O)O.O=C(N[C@H](CO)[C@H](O)c1ccc([N+](=O)[O-])cc1)C(Cl)Cl. The number of nitro groups is 1. The van der Waals surface area contributed by atoms with Crippen LogP contribution < -0.4 is 5.32 Å². The monoisotopic (exact) mass is 496 g/mol. The maximum Gasteiger partial charge on any atom is 0.307 e. The van der Waals surface area contributed by atoms with Crippen LogP contribution in [-0.4, -0.2) is 60.7 Å². The Balaban J connectivity index is 0.000000687. The Bertz CT molecular complexity index is 773. The molecule has 0 spiro atoms. The fourth-order valence-corrected chi connectivity index (χ4v) is 2.67. The van der Waals surface area contributed by atoms with Gasteiger partial charge in [-0.2, -0.15) is 0 Å². The minimum absolute atomic E-state index is 0.132. The van der Waals surface area contributed by atoms with Gasteiger partial charge in [0, 0.05) is 12.1 Å². The Morgan fingerprint density at radius 2 is 1.66 bits per heavy atom. The Labute approximate surface area is 194 Å². The number of nitrogens with zero attached hydrogens (tertiary/aromatic N) is 1. The van der Waals surface area contributed by atoms with E-state index in [9.17, 15) is 29.6 Å². The number of hydrogen-bond acceptors (Lipinski definition) is 7. The van der Waals surface area contributed by atoms with Crippen molar-refractivity contribution in [3.05, 3.63) is 39.9 Å². The minimum atomic E-state index is -1.33. The van der Waals surface area contributed by atoms with Gasteiger partial charge < -0.3 is 25.7 Å². The number of hydrogen-bond donors (Lipinski definition) is 5. The molecule has 0 aromatic heterocycles. The Kier molecular flexibility index (Phi) is 13.4. The van der Waals surface area contributed by atoms with Crippen LogP contribution in [0.4, 0.5) is 5.69 Å². The van der Waals surface area contributed by atoms with Crippen molar-refractivity contribution >= 4 is 46.7 Å². The van der Waals surface area contributed by atoms with Crippen molar-refractivity contribution in [1.29, 1.82) is 0 Å². The lowest BCUT2D eigenvalue weighted by Gasteiger charge is -2.22. The predicted octanol–water partition coefficient (Wildman–Crippen LogP) is 2.12. The summed E-state index contributed by atoms with van der Waals surface area (Å²) >= 11 is 10.7. The Morgan fingerprint density at radius 3 is 2.00 bits per heavy atom. The molecule has 0 heterocycles. The van der Waals surface area contributed by atoms with Gasteiger partial charge in [-0.1, -0.05) is 37.0 Å². The van der Waals surface area contributed by atoms with E-state index in [1.807, 2.05) is 13.8 Å². The van der Waals surface area contributed by atoms with Crippen LogP contribution in [-0.2, 0) is 14.4 Å². The van der Waals surface area contributed by atoms with Crippen molar-refractivity contribution in [3.8, 4) is 0 Å². The molecule has 11 nitrogen and oxygen atoms in total. The lowest BCUT2D eigenvalue weighted by atomic mass is 9.94. The van der Waals surface area contributed by atoms with E-state index in [-0.39, 0.29) is 18.0 Å². The zero-order valence-electron chi connectivity index (χ0n) is 17.4. The number of halogens is 2. The van der Waals surface area contributed by atoms with Gasteiger partial charge in [0.25, 0.3) is 11.6 Å². The van der Waals surface area contributed by atoms with Crippen LogP contribution in [0.25, 0.3) is 0 Å². The molecule has 0 fully saturated rings. The van der Waals surface area contributed by atoms with Crippen molar-refractivity contribution in [3.63, 3.8) is 0 Å². The molecule has 3 atom stereocenters. The first kappa shape index (κ1) is 29.5. The van der Waals surface area contributed by atoms with Crippen LogP contribution in [0.3, 0.4) is 0 Å². The molecule has 0 radical (unpaired) electrons. The van der Waals surface area contributed by atoms with Crippen molar-refractivity contribution < 1.29 is 39.7 Å². The third-order valence-corrected chi connectivity index (χ3v) is 4.47. The van der Waals surface area contributed by atoms with E-state index in [0.29, 0.717) is 12.0 Å². The minimum Gasteiger partial charge on any atom is -0.481 e. The Morgan fingerprint density at radius 1 is 1.12 bits per heavy atom. The van der Waals surface area contributed by atoms with Crippen molar-refractivity contribution in [1.82, 2.24) is 5.32 Å². The number of carboxylic acid groups (broad SMARTS) is 2. The topological polar surface area (TPSA) is 187 Å². The smallest absolute Gasteiger partial charge is 0.307 e. The van der Waals surface area contributed by atoms with Crippen LogP contribution >= 0.6 is 23.2 Å². The molecule has 1 unspecified atom stereocenters. The molecule has 1 aromatic carbocycles. The average Bonchev–Trinajstić information content (AvgIpc) is 2.70. The second kappa shape index (κ2) is 14.6. The number of carboxylic acids is 2. The number of amides is 1. The Hall–Kier alpha value is -2.47. The molecule has 0 aliphatic heterocycles. The molecular formula is C19H26Cl2N2O9. The predicted molar refractivity (Wildman–Crippen MR) is 115 cm³/mol. The fraction of sp³-hybridized carbons (Fsp3) is 0.526. The van der Waals surface area contributed by atoms with Crippen molar-refractivity contribution in [2.24, 2.45) is 11.8 Å². The number of nitrogens with one attached hydrogen (secondary N) is 1. The zero-order valence-corrected chi connectivity index (χ0v) is 18.9. The van der Waals surface area contributed by atoms with Crippen LogP contribution in [0.1, 0.15) is 38.4 Å². The summed E-state index contributed by atoms with van der Waals surface area (Å²) < 4.78 is 0. The van der Waals surface area contributed by atoms with Gasteiger partial charge in [-0.25, -0.2) is 0 Å². The maximum absolute atomic E-state index is 11.3. The summed E-state index contributed by atoms with van der Waals surface area (Å²) in [7, 11) is 0. The number of aliphatic hydroxyl groups is 2. The quantitative estimate of drug-likeness (QED) is 0.173. The second-order valence-electron chi connectivity index (χ2n) is 7.15. The number of nitro benzene ring substituents is 1. The molecule has 13 heteroatoms. The molecule has 0 saturated carbocycles. The number of aliphatic hydroxyl groups excluding tert-OH is 2. The number of carbonyl (C=O) groups is 3. The second-order valence-corrected chi connectivity index (χ2v) is 8.25. The van der Waals surface area contributed by atoms with Crippen molar-refractivity contribution in [2.75, 3.05) is 6.61 Å². The van der Waals surface area contributed by atoms with Gasteiger partial charge in [0.05, 0.1) is 29.9 Å². The first-order chi connectivity index (χ1) is 14.8. The fourth-order valence-electron chi connectivity index (χ4n) is 2.55. The lowest BCUT2D eigenvalue weighted by molar-refractivity contribution is -0.384. The summed E-state index contributed by atoms with van der Waals surface area (Å²) in [5.41, 5.74) is 0.169. The van der Waals surface area contributed by atoms with Gasteiger partial charge in [-0.15, -0.1) is 0 Å². The first-order valence-electron chi connectivity index (χ1n) is 9.36. The van der Waals surface area contributed by atoms with Crippen molar-refractivity contribution in [2.45, 2.75) is 43.7 Å². The third kappa shape index (κ3) is 11.2. The van der Waals surface area contributed by atoms with Gasteiger partial charge in [0.15, 0.2) is 4.84 Å². The number of non-ortho nitro benzene ring substituents is 1. The molecule has 0 bridgehead atoms. The summed E-state index contributed by atoms with van der Waals surface area (Å²) in [6, 6.07) is 4.05. The van der Waals surface area contributed by atoms with Crippen LogP contribution in [0, 0.1) is 22.0 Å². The summed E-state index contributed by atoms with van der Waals surface area (Å²) in [6.45, 7) is 3.19. The van der Waals surface area contributed by atoms with Crippen LogP contribution in [0.5, 0.6) is 0 Å². The zero-order chi connectivity index (χ0) is 25.0. The normalized spacial score (nSPS) is 13.5. The summed E-state index contributed by atoms with van der Waals surface area (Å²) in [5.74, 6) is -3.37. The van der Waals surface area contributed by atoms with E-state index in [4.69, 9.17) is 38.5 Å². The third-order valence-electron chi connectivity index (χ3n) is 4.08. The van der Waals surface area contributed by atoms with E-state index in [0.717, 1.165) is 0 Å². The largest absolute Gasteiger partial charge is 0.481 e. The molecule has 1 amide bonds. The molecule has 0 aliphatic rings. The highest BCUT2D eigenvalue weighted by atomic mass is 35.5. The lowest BCUT2D eigenvalue weighted by Crippen LogP contribution is -2.44. The first-order valence-corrected chi connectivity index (χ1v) is 10.2. The van der Waals surface area contributed by atoms with E-state index >= 15 is 0 Å². The van der Waals surface area contributed by atoms with E-state index < -0.39 is 52.3 Å². The summed E-state index contributed by atoms with van der Waals surface area (Å²) in [5, 5.41) is 48.9. The van der Waals surface area contributed by atoms with Gasteiger partial charge in [-0.3, -0.25) is 24.5 Å². The molecule has 5 N–H and O–H groups in total. The number of benzene rings is 1. The van der Waals surface area contributed by atoms with Gasteiger partial charge in [0.2, 0.25) is 0 Å². The van der Waals surface area contributed by atoms with E-state index in [1.54, 1.807) is 0 Å². The van der Waals surface area contributed by atoms with E-state index in [2.05, 4.69) is 5.32 Å². The summed E-state index contributed by atoms with van der Waals surface area (Å²) in [4.78, 5) is 40.7. The van der Waals surface area contributed by atoms with Gasteiger partial charge in [-0.05, 0) is 30.0 Å². The maximum atomic E-state index is 11.3. The highest BCUT2D eigenvalue weighted by Crippen LogP contribution is 2.21. The highest BCUT2D eigenvalue weighted by Gasteiger charge is 2.25. The average molecular weight is 497 g/mol. The molecule has 180 valence electrons. The summed E-state index contributed by atoms with van der Waals surface area (Å²) in [6.07, 6.45) is -1.12. The molecule has 0 saturated heterocycles. The highest BCUT2D eigenvalue weighted by molar-refractivity contribution is 6.53. The van der Waals surface area contributed by atoms with E-state index in [1.165, 1.54) is 24.3 Å². The number of aliphatic carboxylic acids is 2. The molecule has 32 heavy (non-hydrogen) atoms. The van der Waals surface area contributed by atoms with Crippen LogP contribution in [0.2, 0.25) is 0 Å². The molecule has 1 aromatic rings. The molecule has 1 rings (SSSR count). The molecular weight excluding hydrogens is 471 g/mol. The van der Waals surface area contributed by atoms with Crippen LogP contribution in [0.15, 0.2) is 24.3 Å².